The molecule has 1 aliphatic rings. The Hall–Kier alpha value is -0.750. The molecule has 2 rings (SSSR count). The molecular formula is C11H16N2O2S2. The predicted molar refractivity (Wildman–Crippen MR) is 72.6 cm³/mol. The predicted octanol–water partition coefficient (Wildman–Crippen LogP) is 2.35. The van der Waals surface area contributed by atoms with Crippen LogP contribution in [0.25, 0.3) is 0 Å². The zero-order valence-corrected chi connectivity index (χ0v) is 11.4. The number of nitrogens with zero attached hydrogens (tertiary/aromatic N) is 2. The molecule has 0 unspecified atom stereocenters. The fourth-order valence-electron chi connectivity index (χ4n) is 1.82. The van der Waals surface area contributed by atoms with Crippen molar-refractivity contribution in [3.05, 3.63) is 10.6 Å². The Bertz CT molecular complexity index is 398. The van der Waals surface area contributed by atoms with Crippen LogP contribution in [0.1, 0.15) is 28.7 Å². The normalized spacial score (nSPS) is 16.9. The maximum Gasteiger partial charge on any atom is 0.347 e. The molecule has 1 N–H and O–H groups in total. The number of hydrogen-bond acceptors (Lipinski definition) is 5. The van der Waals surface area contributed by atoms with Gasteiger partial charge in [-0.1, -0.05) is 18.3 Å². The van der Waals surface area contributed by atoms with Gasteiger partial charge in [0, 0.05) is 18.8 Å². The molecule has 6 heteroatoms. The number of carbonyl (C=O) groups is 1. The fourth-order valence-corrected chi connectivity index (χ4v) is 3.75. The lowest BCUT2D eigenvalue weighted by Crippen LogP contribution is -2.25. The highest BCUT2D eigenvalue weighted by Gasteiger charge is 2.20. The third-order valence-corrected chi connectivity index (χ3v) is 4.90. The molecule has 0 radical (unpaired) electrons. The van der Waals surface area contributed by atoms with Crippen molar-refractivity contribution >= 4 is 34.2 Å². The minimum absolute atomic E-state index is 0.402. The van der Waals surface area contributed by atoms with E-state index in [4.69, 9.17) is 5.11 Å². The van der Waals surface area contributed by atoms with Gasteiger partial charge in [-0.3, -0.25) is 0 Å². The highest BCUT2D eigenvalue weighted by molar-refractivity contribution is 7.99. The standard InChI is InChI=1S/C11H16N2O2S2/c1-2-8-9(10(14)15)17-11(12-8)13-4-3-6-16-7-5-13/h2-7H2,1H3,(H,14,15). The zero-order valence-electron chi connectivity index (χ0n) is 9.81. The van der Waals surface area contributed by atoms with E-state index in [1.807, 2.05) is 18.7 Å². The van der Waals surface area contributed by atoms with E-state index in [1.54, 1.807) is 0 Å². The Morgan fingerprint density at radius 1 is 1.47 bits per heavy atom. The van der Waals surface area contributed by atoms with Crippen LogP contribution in [0, 0.1) is 0 Å². The van der Waals surface area contributed by atoms with Gasteiger partial charge in [0.1, 0.15) is 4.88 Å². The highest BCUT2D eigenvalue weighted by atomic mass is 32.2. The molecule has 0 aliphatic carbocycles. The number of aromatic nitrogens is 1. The monoisotopic (exact) mass is 272 g/mol. The van der Waals surface area contributed by atoms with Crippen LogP contribution < -0.4 is 4.90 Å². The first-order chi connectivity index (χ1) is 8.22. The second-order valence-electron chi connectivity index (χ2n) is 3.88. The van der Waals surface area contributed by atoms with Gasteiger partial charge in [0.15, 0.2) is 5.13 Å². The van der Waals surface area contributed by atoms with E-state index in [0.717, 1.165) is 36.1 Å². The van der Waals surface area contributed by atoms with Gasteiger partial charge < -0.3 is 10.0 Å². The minimum Gasteiger partial charge on any atom is -0.477 e. The molecule has 1 saturated heterocycles. The smallest absolute Gasteiger partial charge is 0.347 e. The quantitative estimate of drug-likeness (QED) is 0.915. The van der Waals surface area contributed by atoms with Crippen molar-refractivity contribution in [2.45, 2.75) is 19.8 Å². The van der Waals surface area contributed by atoms with Gasteiger partial charge in [-0.2, -0.15) is 11.8 Å². The topological polar surface area (TPSA) is 53.4 Å². The summed E-state index contributed by atoms with van der Waals surface area (Å²) in [7, 11) is 0. The van der Waals surface area contributed by atoms with Crippen molar-refractivity contribution in [3.8, 4) is 0 Å². The number of thiazole rings is 1. The fraction of sp³-hybridized carbons (Fsp3) is 0.636. The third-order valence-electron chi connectivity index (χ3n) is 2.71. The van der Waals surface area contributed by atoms with E-state index in [9.17, 15) is 4.79 Å². The van der Waals surface area contributed by atoms with Gasteiger partial charge in [0.25, 0.3) is 0 Å². The summed E-state index contributed by atoms with van der Waals surface area (Å²) >= 11 is 3.27. The van der Waals surface area contributed by atoms with E-state index in [2.05, 4.69) is 9.88 Å². The van der Waals surface area contributed by atoms with Crippen LogP contribution in [-0.2, 0) is 6.42 Å². The third kappa shape index (κ3) is 2.93. The molecule has 0 saturated carbocycles. The van der Waals surface area contributed by atoms with Crippen LogP contribution >= 0.6 is 23.1 Å². The van der Waals surface area contributed by atoms with Gasteiger partial charge >= 0.3 is 5.97 Å². The minimum atomic E-state index is -0.852. The molecule has 17 heavy (non-hydrogen) atoms. The lowest BCUT2D eigenvalue weighted by atomic mass is 10.3. The first-order valence-electron chi connectivity index (χ1n) is 5.78. The molecule has 94 valence electrons. The molecule has 0 amide bonds. The Morgan fingerprint density at radius 2 is 2.29 bits per heavy atom. The SMILES string of the molecule is CCc1nc(N2CCCSCC2)sc1C(=O)O. The summed E-state index contributed by atoms with van der Waals surface area (Å²) < 4.78 is 0. The number of carboxylic acid groups (broad SMARTS) is 1. The molecule has 0 aromatic carbocycles. The lowest BCUT2D eigenvalue weighted by molar-refractivity contribution is 0.0701. The summed E-state index contributed by atoms with van der Waals surface area (Å²) in [5.41, 5.74) is 0.717. The lowest BCUT2D eigenvalue weighted by Gasteiger charge is -2.18. The molecule has 4 nitrogen and oxygen atoms in total. The first-order valence-corrected chi connectivity index (χ1v) is 7.75. The highest BCUT2D eigenvalue weighted by Crippen LogP contribution is 2.28. The number of aromatic carboxylic acids is 1. The number of thioether (sulfide) groups is 1. The van der Waals surface area contributed by atoms with Crippen molar-refractivity contribution in [2.24, 2.45) is 0 Å². The summed E-state index contributed by atoms with van der Waals surface area (Å²) in [4.78, 5) is 18.2. The van der Waals surface area contributed by atoms with Crippen LogP contribution in [0.4, 0.5) is 5.13 Å². The number of carboxylic acids is 1. The Morgan fingerprint density at radius 3 is 2.94 bits per heavy atom. The van der Waals surface area contributed by atoms with Crippen molar-refractivity contribution in [1.82, 2.24) is 4.98 Å². The molecule has 2 heterocycles. The van der Waals surface area contributed by atoms with Crippen LogP contribution in [-0.4, -0.2) is 40.7 Å². The largest absolute Gasteiger partial charge is 0.477 e. The Kier molecular flexibility index (Phi) is 4.28. The van der Waals surface area contributed by atoms with Gasteiger partial charge in [-0.25, -0.2) is 9.78 Å². The van der Waals surface area contributed by atoms with Crippen molar-refractivity contribution in [2.75, 3.05) is 29.5 Å². The number of hydrogen-bond donors (Lipinski definition) is 1. The van der Waals surface area contributed by atoms with Crippen molar-refractivity contribution in [1.29, 1.82) is 0 Å². The number of rotatable bonds is 3. The summed E-state index contributed by atoms with van der Waals surface area (Å²) in [6, 6.07) is 0. The molecule has 1 aromatic heterocycles. The van der Waals surface area contributed by atoms with Gasteiger partial charge in [0.2, 0.25) is 0 Å². The molecule has 0 atom stereocenters. The summed E-state index contributed by atoms with van der Waals surface area (Å²) in [5.74, 6) is 1.44. The summed E-state index contributed by atoms with van der Waals surface area (Å²) in [5, 5.41) is 9.99. The zero-order chi connectivity index (χ0) is 12.3. The van der Waals surface area contributed by atoms with Gasteiger partial charge in [0.05, 0.1) is 5.69 Å². The van der Waals surface area contributed by atoms with E-state index >= 15 is 0 Å². The van der Waals surface area contributed by atoms with E-state index in [-0.39, 0.29) is 0 Å². The second kappa shape index (κ2) is 5.73. The molecular weight excluding hydrogens is 256 g/mol. The maximum absolute atomic E-state index is 11.1. The summed E-state index contributed by atoms with van der Waals surface area (Å²) in [6.07, 6.45) is 1.83. The average Bonchev–Trinajstić information content (AvgIpc) is 2.57. The first kappa shape index (κ1) is 12.7. The van der Waals surface area contributed by atoms with Crippen LogP contribution in [0.2, 0.25) is 0 Å². The number of aryl methyl sites for hydroxylation is 1. The van der Waals surface area contributed by atoms with E-state index in [0.29, 0.717) is 11.3 Å². The van der Waals surface area contributed by atoms with Crippen LogP contribution in [0.3, 0.4) is 0 Å². The van der Waals surface area contributed by atoms with Crippen LogP contribution in [0.15, 0.2) is 0 Å². The van der Waals surface area contributed by atoms with Crippen molar-refractivity contribution in [3.63, 3.8) is 0 Å². The summed E-state index contributed by atoms with van der Waals surface area (Å²) in [6.45, 7) is 3.91. The number of anilines is 1. The maximum atomic E-state index is 11.1. The molecule has 1 aromatic rings. The Labute approximate surface area is 109 Å². The Balaban J connectivity index is 2.22. The molecule has 1 fully saturated rings. The second-order valence-corrected chi connectivity index (χ2v) is 6.09. The van der Waals surface area contributed by atoms with Crippen LogP contribution in [0.5, 0.6) is 0 Å². The molecule has 1 aliphatic heterocycles. The van der Waals surface area contributed by atoms with Crippen molar-refractivity contribution < 1.29 is 9.90 Å². The van der Waals surface area contributed by atoms with E-state index < -0.39 is 5.97 Å². The van der Waals surface area contributed by atoms with Gasteiger partial charge in [-0.05, 0) is 18.6 Å². The average molecular weight is 272 g/mol. The van der Waals surface area contributed by atoms with Gasteiger partial charge in [-0.15, -0.1) is 0 Å². The van der Waals surface area contributed by atoms with E-state index in [1.165, 1.54) is 17.1 Å². The molecule has 0 bridgehead atoms. The molecule has 0 spiro atoms.